The van der Waals surface area contributed by atoms with E-state index in [0.29, 0.717) is 18.7 Å². The summed E-state index contributed by atoms with van der Waals surface area (Å²) in [7, 11) is 0. The van der Waals surface area contributed by atoms with Crippen molar-refractivity contribution in [3.8, 4) is 11.1 Å². The first-order valence-electron chi connectivity index (χ1n) is 11.3. The minimum Gasteiger partial charge on any atom is -0.369 e. The molecule has 7 nitrogen and oxygen atoms in total. The molecule has 34 heavy (non-hydrogen) atoms. The monoisotopic (exact) mass is 456 g/mol. The quantitative estimate of drug-likeness (QED) is 0.522. The minimum absolute atomic E-state index is 0.132. The Morgan fingerprint density at radius 3 is 2.41 bits per heavy atom. The average molecular weight is 457 g/mol. The van der Waals surface area contributed by atoms with Gasteiger partial charge in [-0.3, -0.25) is 9.59 Å². The van der Waals surface area contributed by atoms with E-state index in [9.17, 15) is 14.4 Å². The van der Waals surface area contributed by atoms with Crippen molar-refractivity contribution in [2.45, 2.75) is 32.2 Å². The molecule has 7 heteroatoms. The lowest BCUT2D eigenvalue weighted by Crippen LogP contribution is -2.53. The molecule has 1 aliphatic rings. The van der Waals surface area contributed by atoms with Crippen molar-refractivity contribution >= 4 is 29.2 Å². The summed E-state index contributed by atoms with van der Waals surface area (Å²) in [6.45, 7) is 2.57. The van der Waals surface area contributed by atoms with Gasteiger partial charge in [0.05, 0.1) is 6.42 Å². The van der Waals surface area contributed by atoms with E-state index in [1.807, 2.05) is 79.7 Å². The van der Waals surface area contributed by atoms with Crippen LogP contribution in [0.4, 0.5) is 16.2 Å². The van der Waals surface area contributed by atoms with Crippen LogP contribution >= 0.6 is 0 Å². The number of nitrogens with two attached hydrogens (primary N) is 1. The van der Waals surface area contributed by atoms with Gasteiger partial charge in [0, 0.05) is 17.9 Å². The van der Waals surface area contributed by atoms with Crippen LogP contribution in [0.25, 0.3) is 11.1 Å². The number of primary amides is 1. The highest BCUT2D eigenvalue weighted by Crippen LogP contribution is 2.28. The summed E-state index contributed by atoms with van der Waals surface area (Å²) >= 11 is 0. The smallest absolute Gasteiger partial charge is 0.319 e. The lowest BCUT2D eigenvalue weighted by molar-refractivity contribution is -0.121. The van der Waals surface area contributed by atoms with Gasteiger partial charge in [0.25, 0.3) is 0 Å². The fourth-order valence-corrected chi connectivity index (χ4v) is 4.19. The molecular weight excluding hydrogens is 428 g/mol. The van der Waals surface area contributed by atoms with Crippen LogP contribution < -0.4 is 21.3 Å². The van der Waals surface area contributed by atoms with Gasteiger partial charge in [0.1, 0.15) is 6.04 Å². The first-order chi connectivity index (χ1) is 16.4. The third-order valence-corrected chi connectivity index (χ3v) is 5.93. The largest absolute Gasteiger partial charge is 0.369 e. The summed E-state index contributed by atoms with van der Waals surface area (Å²) in [5.74, 6) is -0.514. The first-order valence-corrected chi connectivity index (χ1v) is 11.3. The van der Waals surface area contributed by atoms with E-state index in [2.05, 4.69) is 10.6 Å². The van der Waals surface area contributed by atoms with Crippen LogP contribution in [0.15, 0.2) is 72.8 Å². The van der Waals surface area contributed by atoms with Gasteiger partial charge in [-0.2, -0.15) is 0 Å². The van der Waals surface area contributed by atoms with Crippen LogP contribution in [0.5, 0.6) is 0 Å². The van der Waals surface area contributed by atoms with Crippen molar-refractivity contribution < 1.29 is 14.4 Å². The van der Waals surface area contributed by atoms with E-state index in [0.717, 1.165) is 34.4 Å². The Hall–Kier alpha value is -4.13. The number of rotatable bonds is 6. The second-order valence-corrected chi connectivity index (χ2v) is 8.50. The first kappa shape index (κ1) is 23.0. The van der Waals surface area contributed by atoms with Gasteiger partial charge >= 0.3 is 6.03 Å². The molecule has 0 saturated carbocycles. The molecule has 3 aromatic rings. The van der Waals surface area contributed by atoms with Crippen molar-refractivity contribution in [1.29, 1.82) is 0 Å². The minimum atomic E-state index is -0.588. The molecule has 1 saturated heterocycles. The molecule has 1 atom stereocenters. The van der Waals surface area contributed by atoms with Crippen LogP contribution in [0.3, 0.4) is 0 Å². The highest BCUT2D eigenvalue weighted by atomic mass is 16.2. The number of hydrogen-bond acceptors (Lipinski definition) is 3. The Morgan fingerprint density at radius 2 is 1.71 bits per heavy atom. The van der Waals surface area contributed by atoms with Gasteiger partial charge in [0.15, 0.2) is 0 Å². The maximum absolute atomic E-state index is 13.1. The summed E-state index contributed by atoms with van der Waals surface area (Å²) in [6.07, 6.45) is 1.54. The van der Waals surface area contributed by atoms with E-state index < -0.39 is 12.1 Å². The third kappa shape index (κ3) is 5.43. The molecular formula is C27H28N4O3. The van der Waals surface area contributed by atoms with Crippen LogP contribution in [0.1, 0.15) is 24.0 Å². The van der Waals surface area contributed by atoms with E-state index in [4.69, 9.17) is 5.73 Å². The average Bonchev–Trinajstić information content (AvgIpc) is 2.82. The highest BCUT2D eigenvalue weighted by Gasteiger charge is 2.30. The number of benzene rings is 3. The van der Waals surface area contributed by atoms with Gasteiger partial charge in [-0.05, 0) is 60.7 Å². The van der Waals surface area contributed by atoms with E-state index >= 15 is 0 Å². The highest BCUT2D eigenvalue weighted by molar-refractivity contribution is 6.01. The molecule has 0 bridgehead atoms. The summed E-state index contributed by atoms with van der Waals surface area (Å²) in [5.41, 5.74) is 10.7. The zero-order chi connectivity index (χ0) is 24.1. The fourth-order valence-electron chi connectivity index (χ4n) is 4.19. The van der Waals surface area contributed by atoms with Crippen molar-refractivity contribution in [2.24, 2.45) is 5.73 Å². The Balaban J connectivity index is 1.44. The Labute approximate surface area is 199 Å². The molecule has 0 radical (unpaired) electrons. The van der Waals surface area contributed by atoms with Gasteiger partial charge in [-0.1, -0.05) is 54.1 Å². The predicted octanol–water partition coefficient (Wildman–Crippen LogP) is 4.01. The number of anilines is 2. The Kier molecular flexibility index (Phi) is 6.92. The van der Waals surface area contributed by atoms with Crippen LogP contribution in [-0.4, -0.2) is 30.4 Å². The Morgan fingerprint density at radius 1 is 1.00 bits per heavy atom. The van der Waals surface area contributed by atoms with Gasteiger partial charge in [-0.25, -0.2) is 4.79 Å². The Bertz CT molecular complexity index is 1190. The molecule has 4 amide bonds. The summed E-state index contributed by atoms with van der Waals surface area (Å²) < 4.78 is 0. The van der Waals surface area contributed by atoms with Crippen LogP contribution in [0.2, 0.25) is 0 Å². The van der Waals surface area contributed by atoms with Gasteiger partial charge in [-0.15, -0.1) is 0 Å². The number of carbonyl (C=O) groups excluding carboxylic acids is 3. The maximum atomic E-state index is 13.1. The fraction of sp³-hybridized carbons (Fsp3) is 0.222. The number of carbonyl (C=O) groups is 3. The molecule has 1 heterocycles. The third-order valence-electron chi connectivity index (χ3n) is 5.93. The molecule has 3 aromatic carbocycles. The van der Waals surface area contributed by atoms with Crippen LogP contribution in [0, 0.1) is 6.92 Å². The zero-order valence-corrected chi connectivity index (χ0v) is 19.1. The topological polar surface area (TPSA) is 105 Å². The number of aryl methyl sites for hydroxylation is 1. The molecule has 4 rings (SSSR count). The van der Waals surface area contributed by atoms with Crippen LogP contribution in [-0.2, 0) is 16.0 Å². The molecule has 4 N–H and O–H groups in total. The number of nitrogens with one attached hydrogen (secondary N) is 2. The second kappa shape index (κ2) is 10.2. The second-order valence-electron chi connectivity index (χ2n) is 8.50. The van der Waals surface area contributed by atoms with E-state index in [1.165, 1.54) is 0 Å². The zero-order valence-electron chi connectivity index (χ0n) is 19.1. The number of hydrogen-bond donors (Lipinski definition) is 3. The molecule has 174 valence electrons. The molecule has 1 aliphatic heterocycles. The number of nitrogens with zero attached hydrogens (tertiary/aromatic N) is 1. The summed E-state index contributed by atoms with van der Waals surface area (Å²) in [4.78, 5) is 38.7. The maximum Gasteiger partial charge on any atom is 0.319 e. The molecule has 1 fully saturated rings. The molecule has 0 spiro atoms. The number of piperidine rings is 1. The SMILES string of the molecule is Cc1ccc(NC(=O)NC2CCCN(c3ccc(-c4ccccc4CC(N)=O)cc3)C2=O)cc1. The van der Waals surface area contributed by atoms with Crippen molar-refractivity contribution in [3.05, 3.63) is 83.9 Å². The van der Waals surface area contributed by atoms with Gasteiger partial charge < -0.3 is 21.3 Å². The number of urea groups is 1. The molecule has 1 unspecified atom stereocenters. The van der Waals surface area contributed by atoms with Crippen molar-refractivity contribution in [1.82, 2.24) is 5.32 Å². The molecule has 0 aromatic heterocycles. The van der Waals surface area contributed by atoms with Crippen molar-refractivity contribution in [3.63, 3.8) is 0 Å². The molecule has 0 aliphatic carbocycles. The van der Waals surface area contributed by atoms with Gasteiger partial charge in [0.2, 0.25) is 11.8 Å². The summed E-state index contributed by atoms with van der Waals surface area (Å²) in [5, 5.41) is 5.59. The normalized spacial score (nSPS) is 15.6. The lowest BCUT2D eigenvalue weighted by Gasteiger charge is -2.32. The standard InChI is InChI=1S/C27H28N4O3/c1-18-8-12-21(13-9-18)29-27(34)30-24-7-4-16-31(26(24)33)22-14-10-19(11-15-22)23-6-3-2-5-20(23)17-25(28)32/h2-3,5-6,8-15,24H,4,7,16-17H2,1H3,(H2,28,32)(H2,29,30,34). The van der Waals surface area contributed by atoms with E-state index in [1.54, 1.807) is 4.90 Å². The lowest BCUT2D eigenvalue weighted by atomic mass is 9.97. The van der Waals surface area contributed by atoms with Crippen molar-refractivity contribution in [2.75, 3.05) is 16.8 Å². The predicted molar refractivity (Wildman–Crippen MR) is 133 cm³/mol. The summed E-state index contributed by atoms with van der Waals surface area (Å²) in [6, 6.07) is 21.8. The number of amides is 4. The van der Waals surface area contributed by atoms with E-state index in [-0.39, 0.29) is 18.2 Å².